The van der Waals surface area contributed by atoms with E-state index >= 15 is 0 Å². The van der Waals surface area contributed by atoms with E-state index in [9.17, 15) is 4.79 Å². The van der Waals surface area contributed by atoms with E-state index in [0.29, 0.717) is 12.5 Å². The van der Waals surface area contributed by atoms with Crippen molar-refractivity contribution in [2.75, 3.05) is 30.4 Å². The predicted molar refractivity (Wildman–Crippen MR) is 114 cm³/mol. The van der Waals surface area contributed by atoms with Crippen molar-refractivity contribution in [1.29, 1.82) is 0 Å². The van der Waals surface area contributed by atoms with Crippen LogP contribution in [0.15, 0.2) is 48.8 Å². The molecular formula is C22H27N5O. The minimum absolute atomic E-state index is 0.0318. The Hall–Kier alpha value is -3.02. The van der Waals surface area contributed by atoms with Gasteiger partial charge in [-0.1, -0.05) is 24.6 Å². The van der Waals surface area contributed by atoms with Crippen LogP contribution in [-0.4, -0.2) is 47.1 Å². The number of fused-ring (bicyclic) bond motifs is 1. The fourth-order valence-corrected chi connectivity index (χ4v) is 4.01. The zero-order valence-electron chi connectivity index (χ0n) is 16.6. The molecule has 1 fully saturated rings. The van der Waals surface area contributed by atoms with Crippen LogP contribution < -0.4 is 10.2 Å². The second-order valence-electron chi connectivity index (χ2n) is 7.76. The molecule has 6 nitrogen and oxygen atoms in total. The Morgan fingerprint density at radius 1 is 1.25 bits per heavy atom. The Bertz CT molecular complexity index is 964. The third-order valence-corrected chi connectivity index (χ3v) is 5.82. The number of rotatable bonds is 3. The molecule has 0 saturated carbocycles. The topological polar surface area (TPSA) is 64.3 Å². The van der Waals surface area contributed by atoms with Gasteiger partial charge in [-0.3, -0.25) is 0 Å². The molecule has 0 spiro atoms. The molecule has 0 aliphatic carbocycles. The zero-order chi connectivity index (χ0) is 19.7. The number of carbonyl (C=O) groups is 1. The molecule has 3 aromatic rings. The van der Waals surface area contributed by atoms with Crippen molar-refractivity contribution in [1.82, 2.24) is 14.9 Å². The van der Waals surface area contributed by atoms with Crippen molar-refractivity contribution in [2.24, 2.45) is 5.92 Å². The SMILES string of the molecule is Cc1ccc(NC(=O)N2CC[C@@H](C)[C@@H](N(C)c3ccnc4[nH]ccc34)C2)cc1. The number of carbonyl (C=O) groups excluding carboxylic acids is 1. The Morgan fingerprint density at radius 3 is 2.82 bits per heavy atom. The molecule has 0 radical (unpaired) electrons. The summed E-state index contributed by atoms with van der Waals surface area (Å²) >= 11 is 0. The minimum Gasteiger partial charge on any atom is -0.369 e. The quantitative estimate of drug-likeness (QED) is 0.717. The van der Waals surface area contributed by atoms with Crippen molar-refractivity contribution in [3.8, 4) is 0 Å². The largest absolute Gasteiger partial charge is 0.369 e. The molecule has 1 aromatic carbocycles. The second-order valence-corrected chi connectivity index (χ2v) is 7.76. The molecule has 0 bridgehead atoms. The lowest BCUT2D eigenvalue weighted by atomic mass is 9.92. The van der Waals surface area contributed by atoms with Gasteiger partial charge in [0.05, 0.1) is 0 Å². The number of nitrogens with one attached hydrogen (secondary N) is 2. The monoisotopic (exact) mass is 377 g/mol. The number of piperidine rings is 1. The van der Waals surface area contributed by atoms with Gasteiger partial charge in [0.1, 0.15) is 5.65 Å². The van der Waals surface area contributed by atoms with Crippen LogP contribution in [0.4, 0.5) is 16.2 Å². The molecule has 2 amide bonds. The van der Waals surface area contributed by atoms with Gasteiger partial charge in [0.15, 0.2) is 0 Å². The van der Waals surface area contributed by atoms with Crippen LogP contribution in [0.5, 0.6) is 0 Å². The summed E-state index contributed by atoms with van der Waals surface area (Å²) in [7, 11) is 2.12. The third kappa shape index (κ3) is 3.54. The van der Waals surface area contributed by atoms with Gasteiger partial charge in [0.2, 0.25) is 0 Å². The van der Waals surface area contributed by atoms with Crippen LogP contribution in [0.3, 0.4) is 0 Å². The molecular weight excluding hydrogens is 350 g/mol. The highest BCUT2D eigenvalue weighted by molar-refractivity contribution is 5.90. The summed E-state index contributed by atoms with van der Waals surface area (Å²) in [6.45, 7) is 5.78. The number of benzene rings is 1. The van der Waals surface area contributed by atoms with Crippen LogP contribution >= 0.6 is 0 Å². The van der Waals surface area contributed by atoms with E-state index in [1.54, 1.807) is 0 Å². The molecule has 0 unspecified atom stereocenters. The number of aryl methyl sites for hydroxylation is 1. The minimum atomic E-state index is -0.0318. The number of hydrogen-bond acceptors (Lipinski definition) is 3. The Balaban J connectivity index is 1.50. The summed E-state index contributed by atoms with van der Waals surface area (Å²) in [5.41, 5.74) is 4.05. The lowest BCUT2D eigenvalue weighted by Gasteiger charge is -2.42. The van der Waals surface area contributed by atoms with E-state index in [4.69, 9.17) is 0 Å². The van der Waals surface area contributed by atoms with E-state index in [2.05, 4.69) is 40.2 Å². The number of H-pyrrole nitrogens is 1. The van der Waals surface area contributed by atoms with Gasteiger partial charge in [-0.2, -0.15) is 0 Å². The lowest BCUT2D eigenvalue weighted by molar-refractivity contribution is 0.172. The van der Waals surface area contributed by atoms with Gasteiger partial charge in [0, 0.05) is 55.3 Å². The van der Waals surface area contributed by atoms with Crippen molar-refractivity contribution in [2.45, 2.75) is 26.3 Å². The average molecular weight is 377 g/mol. The van der Waals surface area contributed by atoms with Crippen molar-refractivity contribution in [3.63, 3.8) is 0 Å². The summed E-state index contributed by atoms with van der Waals surface area (Å²) in [6.07, 6.45) is 4.73. The molecule has 3 heterocycles. The maximum absolute atomic E-state index is 12.8. The fourth-order valence-electron chi connectivity index (χ4n) is 4.01. The number of hydrogen-bond donors (Lipinski definition) is 2. The molecule has 28 heavy (non-hydrogen) atoms. The molecule has 1 saturated heterocycles. The first kappa shape index (κ1) is 18.3. The predicted octanol–water partition coefficient (Wildman–Crippen LogP) is 4.25. The van der Waals surface area contributed by atoms with Gasteiger partial charge in [-0.05, 0) is 43.5 Å². The fraction of sp³-hybridized carbons (Fsp3) is 0.364. The van der Waals surface area contributed by atoms with Crippen molar-refractivity contribution >= 4 is 28.4 Å². The highest BCUT2D eigenvalue weighted by atomic mass is 16.2. The summed E-state index contributed by atoms with van der Waals surface area (Å²) in [6, 6.07) is 12.2. The molecule has 6 heteroatoms. The molecule has 1 aliphatic heterocycles. The summed E-state index contributed by atoms with van der Waals surface area (Å²) in [5.74, 6) is 0.496. The summed E-state index contributed by atoms with van der Waals surface area (Å²) < 4.78 is 0. The zero-order valence-corrected chi connectivity index (χ0v) is 16.6. The van der Waals surface area contributed by atoms with E-state index < -0.39 is 0 Å². The van der Waals surface area contributed by atoms with Gasteiger partial charge in [-0.25, -0.2) is 9.78 Å². The number of urea groups is 1. The Labute approximate surface area is 165 Å². The number of amides is 2. The van der Waals surface area contributed by atoms with Crippen molar-refractivity contribution < 1.29 is 4.79 Å². The molecule has 1 aliphatic rings. The van der Waals surface area contributed by atoms with Crippen molar-refractivity contribution in [3.05, 3.63) is 54.4 Å². The van der Waals surface area contributed by atoms with Gasteiger partial charge >= 0.3 is 6.03 Å². The number of anilines is 2. The Kier molecular flexibility index (Phi) is 4.94. The van der Waals surface area contributed by atoms with Crippen LogP contribution in [-0.2, 0) is 0 Å². The Morgan fingerprint density at radius 2 is 2.04 bits per heavy atom. The molecule has 2 N–H and O–H groups in total. The van der Waals surface area contributed by atoms with E-state index in [1.165, 1.54) is 5.56 Å². The third-order valence-electron chi connectivity index (χ3n) is 5.82. The van der Waals surface area contributed by atoms with Gasteiger partial charge in [-0.15, -0.1) is 0 Å². The maximum Gasteiger partial charge on any atom is 0.321 e. The lowest BCUT2D eigenvalue weighted by Crippen LogP contribution is -2.53. The first-order chi connectivity index (χ1) is 13.5. The maximum atomic E-state index is 12.8. The van der Waals surface area contributed by atoms with Crippen LogP contribution in [0, 0.1) is 12.8 Å². The first-order valence-corrected chi connectivity index (χ1v) is 9.80. The number of aromatic nitrogens is 2. The molecule has 4 rings (SSSR count). The number of likely N-dealkylation sites (tertiary alicyclic amines) is 1. The van der Waals surface area contributed by atoms with Crippen LogP contribution in [0.2, 0.25) is 0 Å². The summed E-state index contributed by atoms with van der Waals surface area (Å²) in [4.78, 5) is 24.6. The molecule has 2 aromatic heterocycles. The highest BCUT2D eigenvalue weighted by Gasteiger charge is 2.32. The number of pyridine rings is 1. The highest BCUT2D eigenvalue weighted by Crippen LogP contribution is 2.30. The van der Waals surface area contributed by atoms with Gasteiger partial charge < -0.3 is 20.1 Å². The first-order valence-electron chi connectivity index (χ1n) is 9.80. The smallest absolute Gasteiger partial charge is 0.321 e. The number of nitrogens with zero attached hydrogens (tertiary/aromatic N) is 3. The standard InChI is InChI=1S/C22H27N5O/c1-15-4-6-17(7-5-15)25-22(28)27-13-10-16(2)20(14-27)26(3)19-9-12-24-21-18(19)8-11-23-21/h4-9,11-12,16,20H,10,13-14H2,1-3H3,(H,23,24)(H,25,28)/t16-,20+/m1/s1. The second kappa shape index (κ2) is 7.54. The van der Waals surface area contributed by atoms with E-state index in [0.717, 1.165) is 35.4 Å². The molecule has 2 atom stereocenters. The normalized spacial score (nSPS) is 19.6. The summed E-state index contributed by atoms with van der Waals surface area (Å²) in [5, 5.41) is 4.14. The van der Waals surface area contributed by atoms with Crippen LogP contribution in [0.25, 0.3) is 11.0 Å². The number of likely N-dealkylation sites (N-methyl/N-ethyl adjacent to an activating group) is 1. The molecule has 146 valence electrons. The van der Waals surface area contributed by atoms with E-state index in [-0.39, 0.29) is 12.1 Å². The van der Waals surface area contributed by atoms with Gasteiger partial charge in [0.25, 0.3) is 0 Å². The van der Waals surface area contributed by atoms with E-state index in [1.807, 2.05) is 54.5 Å². The number of aromatic amines is 1. The van der Waals surface area contributed by atoms with Crippen LogP contribution in [0.1, 0.15) is 18.9 Å². The average Bonchev–Trinajstić information content (AvgIpc) is 3.18.